The number of ether oxygens (including phenoxy) is 1. The molecule has 0 bridgehead atoms. The molecule has 0 aliphatic carbocycles. The monoisotopic (exact) mass is 337 g/mol. The average Bonchev–Trinajstić information content (AvgIpc) is 3.11. The van der Waals surface area contributed by atoms with E-state index in [4.69, 9.17) is 4.74 Å². The minimum Gasteiger partial charge on any atom is -0.465 e. The van der Waals surface area contributed by atoms with Gasteiger partial charge in [-0.2, -0.15) is 0 Å². The van der Waals surface area contributed by atoms with Gasteiger partial charge in [0.1, 0.15) is 6.54 Å². The second kappa shape index (κ2) is 6.63. The van der Waals surface area contributed by atoms with Gasteiger partial charge >= 0.3 is 13.6 Å². The van der Waals surface area contributed by atoms with E-state index in [1.54, 1.807) is 18.6 Å². The van der Waals surface area contributed by atoms with Gasteiger partial charge in [-0.15, -0.1) is 0 Å². The van der Waals surface area contributed by atoms with E-state index in [0.29, 0.717) is 12.6 Å². The summed E-state index contributed by atoms with van der Waals surface area (Å²) in [4.78, 5) is 11.9. The highest BCUT2D eigenvalue weighted by Gasteiger charge is 2.53. The van der Waals surface area contributed by atoms with Gasteiger partial charge in [-0.25, -0.2) is 9.34 Å². The summed E-state index contributed by atoms with van der Waals surface area (Å²) in [6, 6.07) is 10.1. The summed E-state index contributed by atoms with van der Waals surface area (Å²) in [5, 5.41) is 0. The van der Waals surface area contributed by atoms with Crippen LogP contribution < -0.4 is 4.67 Å². The maximum atomic E-state index is 14.0. The number of hydrogen-bond acceptors (Lipinski definition) is 3. The summed E-state index contributed by atoms with van der Waals surface area (Å²) in [7, 11) is -1.22. The van der Waals surface area contributed by atoms with Crippen LogP contribution in [0.5, 0.6) is 0 Å². The lowest BCUT2D eigenvalue weighted by Crippen LogP contribution is -2.35. The van der Waals surface area contributed by atoms with Crippen molar-refractivity contribution in [2.45, 2.75) is 25.8 Å². The van der Waals surface area contributed by atoms with Crippen LogP contribution in [0.3, 0.4) is 0 Å². The molecule has 2 aliphatic heterocycles. The van der Waals surface area contributed by atoms with E-state index < -0.39 is 7.59 Å². The van der Waals surface area contributed by atoms with Gasteiger partial charge < -0.3 is 4.74 Å². The van der Waals surface area contributed by atoms with E-state index in [0.717, 1.165) is 31.6 Å². The molecule has 2 fully saturated rings. The maximum absolute atomic E-state index is 14.0. The molecule has 0 aromatic heterocycles. The zero-order valence-electron chi connectivity index (χ0n) is 13.7. The third-order valence-corrected chi connectivity index (χ3v) is 7.79. The van der Waals surface area contributed by atoms with E-state index >= 15 is 0 Å². The van der Waals surface area contributed by atoms with Crippen LogP contribution >= 0.6 is 7.59 Å². The molecule has 1 aromatic carbocycles. The second-order valence-electron chi connectivity index (χ2n) is 6.01. The van der Waals surface area contributed by atoms with Crippen LogP contribution in [0.25, 0.3) is 0 Å². The number of anilines is 1. The van der Waals surface area contributed by atoms with Crippen molar-refractivity contribution in [1.29, 1.82) is 0 Å². The van der Waals surface area contributed by atoms with Gasteiger partial charge in [0.05, 0.1) is 6.61 Å². The maximum Gasteiger partial charge on any atom is 0.320 e. The molecule has 0 unspecified atom stereocenters. The molecule has 6 nitrogen and oxygen atoms in total. The molecular weight excluding hydrogens is 313 g/mol. The number of carbonyl (C=O) groups is 1. The minimum absolute atomic E-state index is 0.0394. The highest BCUT2D eigenvalue weighted by atomic mass is 31.2. The lowest BCUT2D eigenvalue weighted by molar-refractivity contribution is -0.143. The molecule has 7 heteroatoms. The summed E-state index contributed by atoms with van der Waals surface area (Å²) in [5.74, 6) is -0.333. The molecule has 2 aliphatic rings. The summed E-state index contributed by atoms with van der Waals surface area (Å²) < 4.78 is 24.8. The van der Waals surface area contributed by atoms with Gasteiger partial charge in [0.15, 0.2) is 0 Å². The molecule has 2 atom stereocenters. The first-order valence-corrected chi connectivity index (χ1v) is 9.71. The minimum atomic E-state index is -2.98. The van der Waals surface area contributed by atoms with E-state index in [1.165, 1.54) is 0 Å². The van der Waals surface area contributed by atoms with Crippen LogP contribution in [-0.2, 0) is 14.1 Å². The molecule has 0 amide bonds. The molecule has 126 valence electrons. The Kier molecular flexibility index (Phi) is 4.76. The SMILES string of the molecule is CCOC(=O)CN(C)[P@]1(=O)N(c2ccccc2)C[C@@H]2CCCN21. The van der Waals surface area contributed by atoms with E-state index in [1.807, 2.05) is 35.0 Å². The second-order valence-corrected chi connectivity index (χ2v) is 8.72. The summed E-state index contributed by atoms with van der Waals surface area (Å²) in [6.45, 7) is 3.72. The lowest BCUT2D eigenvalue weighted by Gasteiger charge is -2.36. The van der Waals surface area contributed by atoms with Crippen molar-refractivity contribution in [2.75, 3.05) is 38.0 Å². The van der Waals surface area contributed by atoms with Crippen LogP contribution in [0.15, 0.2) is 30.3 Å². The van der Waals surface area contributed by atoms with Gasteiger partial charge in [-0.1, -0.05) is 18.2 Å². The fraction of sp³-hybridized carbons (Fsp3) is 0.562. The molecule has 0 saturated carbocycles. The van der Waals surface area contributed by atoms with E-state index in [-0.39, 0.29) is 12.5 Å². The van der Waals surface area contributed by atoms with Gasteiger partial charge in [-0.3, -0.25) is 14.0 Å². The number of para-hydroxylation sites is 1. The quantitative estimate of drug-likeness (QED) is 0.608. The Hall–Kier alpha value is -1.36. The molecule has 0 radical (unpaired) electrons. The predicted octanol–water partition coefficient (Wildman–Crippen LogP) is 2.57. The number of rotatable bonds is 5. The van der Waals surface area contributed by atoms with Crippen molar-refractivity contribution in [2.24, 2.45) is 0 Å². The van der Waals surface area contributed by atoms with E-state index in [2.05, 4.69) is 4.67 Å². The first kappa shape index (κ1) is 16.5. The first-order chi connectivity index (χ1) is 11.1. The van der Waals surface area contributed by atoms with E-state index in [9.17, 15) is 9.36 Å². The van der Waals surface area contributed by atoms with Crippen LogP contribution in [0.1, 0.15) is 19.8 Å². The number of carbonyl (C=O) groups excluding carboxylic acids is 1. The Morgan fingerprint density at radius 3 is 2.83 bits per heavy atom. The standard InChI is InChI=1S/C16H24N3O3P/c1-3-22-16(20)13-17(2)23(21)18-11-7-10-15(18)12-19(23)14-8-5-4-6-9-14/h4-6,8-9,15H,3,7,10-13H2,1-2H3/t15-,23+/m0/s1. The summed E-state index contributed by atoms with van der Waals surface area (Å²) in [5.41, 5.74) is 0.945. The molecule has 3 rings (SSSR count). The Bertz CT molecular complexity index is 610. The van der Waals surface area contributed by atoms with Gasteiger partial charge in [0, 0.05) is 24.8 Å². The van der Waals surface area contributed by atoms with Crippen molar-refractivity contribution in [3.8, 4) is 0 Å². The van der Waals surface area contributed by atoms with Crippen molar-refractivity contribution >= 4 is 19.3 Å². The molecular formula is C16H24N3O3P. The number of esters is 1. The zero-order valence-corrected chi connectivity index (χ0v) is 14.6. The fourth-order valence-electron chi connectivity index (χ4n) is 3.52. The van der Waals surface area contributed by atoms with Gasteiger partial charge in [-0.05, 0) is 38.9 Å². The number of nitrogens with zero attached hydrogens (tertiary/aromatic N) is 3. The van der Waals surface area contributed by atoms with Crippen molar-refractivity contribution in [3.05, 3.63) is 30.3 Å². The van der Waals surface area contributed by atoms with Gasteiger partial charge in [0.25, 0.3) is 0 Å². The van der Waals surface area contributed by atoms with Crippen molar-refractivity contribution in [1.82, 2.24) is 9.34 Å². The van der Waals surface area contributed by atoms with Gasteiger partial charge in [0.2, 0.25) is 0 Å². The fourth-order valence-corrected chi connectivity index (χ4v) is 6.70. The predicted molar refractivity (Wildman–Crippen MR) is 90.4 cm³/mol. The first-order valence-electron chi connectivity index (χ1n) is 8.15. The lowest BCUT2D eigenvalue weighted by atomic mass is 10.2. The average molecular weight is 337 g/mol. The van der Waals surface area contributed by atoms with Crippen molar-refractivity contribution in [3.63, 3.8) is 0 Å². The molecule has 1 aromatic rings. The molecule has 23 heavy (non-hydrogen) atoms. The highest BCUT2D eigenvalue weighted by molar-refractivity contribution is 7.61. The number of benzene rings is 1. The Balaban J connectivity index is 1.90. The number of hydrogen-bond donors (Lipinski definition) is 0. The Morgan fingerprint density at radius 1 is 1.39 bits per heavy atom. The molecule has 2 saturated heterocycles. The van der Waals surface area contributed by atoms with Crippen molar-refractivity contribution < 1.29 is 14.1 Å². The molecule has 0 spiro atoms. The third-order valence-electron chi connectivity index (χ3n) is 4.54. The molecule has 2 heterocycles. The largest absolute Gasteiger partial charge is 0.465 e. The Morgan fingerprint density at radius 2 is 2.13 bits per heavy atom. The van der Waals surface area contributed by atoms with Crippen LogP contribution in [-0.4, -0.2) is 54.6 Å². The van der Waals surface area contributed by atoms with Crippen LogP contribution in [0, 0.1) is 0 Å². The van der Waals surface area contributed by atoms with Crippen LogP contribution in [0.2, 0.25) is 0 Å². The number of likely N-dealkylation sites (N-methyl/N-ethyl adjacent to an activating group) is 1. The highest BCUT2D eigenvalue weighted by Crippen LogP contribution is 2.64. The zero-order chi connectivity index (χ0) is 16.4. The smallest absolute Gasteiger partial charge is 0.320 e. The normalized spacial score (nSPS) is 27.4. The topological polar surface area (TPSA) is 53.1 Å². The molecule has 0 N–H and O–H groups in total. The number of fused-ring (bicyclic) bond motifs is 1. The third kappa shape index (κ3) is 2.91. The summed E-state index contributed by atoms with van der Waals surface area (Å²) in [6.07, 6.45) is 2.12. The Labute approximate surface area is 137 Å². The van der Waals surface area contributed by atoms with Crippen LogP contribution in [0.4, 0.5) is 5.69 Å². The summed E-state index contributed by atoms with van der Waals surface area (Å²) >= 11 is 0.